The first-order chi connectivity index (χ1) is 12.9. The molecule has 3 aromatic rings. The molecule has 2 heterocycles. The third-order valence-corrected chi connectivity index (χ3v) is 3.40. The lowest BCUT2D eigenvalue weighted by Crippen LogP contribution is -2.20. The van der Waals surface area contributed by atoms with Gasteiger partial charge in [0.25, 0.3) is 11.6 Å². The van der Waals surface area contributed by atoms with Gasteiger partial charge in [-0.05, 0) is 31.2 Å². The number of carbonyl (C=O) groups is 2. The van der Waals surface area contributed by atoms with Gasteiger partial charge in [-0.1, -0.05) is 5.16 Å². The highest BCUT2D eigenvalue weighted by molar-refractivity contribution is 5.94. The summed E-state index contributed by atoms with van der Waals surface area (Å²) in [5, 5.41) is 16.7. The quantitative estimate of drug-likeness (QED) is 0.396. The molecule has 10 nitrogen and oxygen atoms in total. The molecule has 1 N–H and O–H groups in total. The van der Waals surface area contributed by atoms with Crippen LogP contribution >= 0.6 is 0 Å². The third-order valence-electron chi connectivity index (χ3n) is 3.40. The van der Waals surface area contributed by atoms with E-state index in [4.69, 9.17) is 13.7 Å². The summed E-state index contributed by atoms with van der Waals surface area (Å²) >= 11 is 0. The van der Waals surface area contributed by atoms with Gasteiger partial charge in [0.15, 0.2) is 12.4 Å². The second-order valence-corrected chi connectivity index (χ2v) is 5.41. The van der Waals surface area contributed by atoms with Crippen molar-refractivity contribution in [1.82, 2.24) is 5.16 Å². The first-order valence-corrected chi connectivity index (χ1v) is 7.67. The van der Waals surface area contributed by atoms with Gasteiger partial charge in [-0.25, -0.2) is 4.79 Å². The molecule has 3 rings (SSSR count). The summed E-state index contributed by atoms with van der Waals surface area (Å²) in [4.78, 5) is 33.8. The van der Waals surface area contributed by atoms with Gasteiger partial charge in [-0.3, -0.25) is 14.9 Å². The van der Waals surface area contributed by atoms with E-state index in [1.807, 2.05) is 0 Å². The van der Waals surface area contributed by atoms with Crippen LogP contribution in [0.2, 0.25) is 0 Å². The summed E-state index contributed by atoms with van der Waals surface area (Å²) < 4.78 is 15.1. The smallest absolute Gasteiger partial charge is 0.374 e. The van der Waals surface area contributed by atoms with E-state index in [2.05, 4.69) is 10.5 Å². The Labute approximate surface area is 151 Å². The molecule has 1 amide bonds. The SMILES string of the molecule is Cc1cc(NC(=O)COC(=O)c2ccc(-c3ccc([N+](=O)[O-])cc3)o2)no1. The maximum atomic E-state index is 12.0. The van der Waals surface area contributed by atoms with Gasteiger partial charge in [-0.2, -0.15) is 0 Å². The van der Waals surface area contributed by atoms with Crippen molar-refractivity contribution in [3.05, 3.63) is 64.1 Å². The number of nitrogens with one attached hydrogen (secondary N) is 1. The number of rotatable bonds is 6. The largest absolute Gasteiger partial charge is 0.450 e. The summed E-state index contributed by atoms with van der Waals surface area (Å²) in [6.45, 7) is 1.14. The minimum absolute atomic E-state index is 0.0572. The number of nitrogens with zero attached hydrogens (tertiary/aromatic N) is 2. The lowest BCUT2D eigenvalue weighted by molar-refractivity contribution is -0.384. The van der Waals surface area contributed by atoms with Crippen molar-refractivity contribution in [2.75, 3.05) is 11.9 Å². The van der Waals surface area contributed by atoms with Gasteiger partial charge in [0.05, 0.1) is 4.92 Å². The number of nitro benzene ring substituents is 1. The second kappa shape index (κ2) is 7.52. The molecule has 2 aromatic heterocycles. The van der Waals surface area contributed by atoms with E-state index < -0.39 is 23.4 Å². The van der Waals surface area contributed by atoms with E-state index in [1.54, 1.807) is 6.92 Å². The Bertz CT molecular complexity index is 988. The number of aromatic nitrogens is 1. The zero-order valence-corrected chi connectivity index (χ0v) is 14.0. The monoisotopic (exact) mass is 371 g/mol. The highest BCUT2D eigenvalue weighted by Crippen LogP contribution is 2.24. The van der Waals surface area contributed by atoms with Crippen LogP contribution in [0, 0.1) is 17.0 Å². The van der Waals surface area contributed by atoms with Crippen molar-refractivity contribution >= 4 is 23.4 Å². The van der Waals surface area contributed by atoms with Crippen LogP contribution in [0.25, 0.3) is 11.3 Å². The molecule has 0 aliphatic heterocycles. The second-order valence-electron chi connectivity index (χ2n) is 5.41. The number of nitro groups is 1. The molecule has 0 fully saturated rings. The van der Waals surface area contributed by atoms with Crippen LogP contribution in [0.15, 0.2) is 51.4 Å². The molecule has 0 radical (unpaired) electrons. The number of furan rings is 1. The third kappa shape index (κ3) is 4.37. The standard InChI is InChI=1S/C17H13N3O7/c1-10-8-15(19-27-10)18-16(21)9-25-17(22)14-7-6-13(26-14)11-2-4-12(5-3-11)20(23)24/h2-8H,9H2,1H3,(H,18,19,21). The van der Waals surface area contributed by atoms with Crippen LogP contribution in [0.5, 0.6) is 0 Å². The number of hydrogen-bond donors (Lipinski definition) is 1. The Morgan fingerprint density at radius 1 is 1.22 bits per heavy atom. The summed E-state index contributed by atoms with van der Waals surface area (Å²) in [6, 6.07) is 10.1. The Kier molecular flexibility index (Phi) is 4.97. The Hall–Kier alpha value is -3.95. The van der Waals surface area contributed by atoms with Crippen molar-refractivity contribution in [2.24, 2.45) is 0 Å². The summed E-state index contributed by atoms with van der Waals surface area (Å²) in [5.74, 6) is -0.440. The minimum atomic E-state index is -0.824. The minimum Gasteiger partial charge on any atom is -0.450 e. The maximum absolute atomic E-state index is 12.0. The predicted molar refractivity (Wildman–Crippen MR) is 91.0 cm³/mol. The van der Waals surface area contributed by atoms with Crippen molar-refractivity contribution in [3.63, 3.8) is 0 Å². The highest BCUT2D eigenvalue weighted by Gasteiger charge is 2.16. The lowest BCUT2D eigenvalue weighted by atomic mass is 10.1. The van der Waals surface area contributed by atoms with Crippen LogP contribution < -0.4 is 5.32 Å². The van der Waals surface area contributed by atoms with Gasteiger partial charge in [0, 0.05) is 23.8 Å². The first-order valence-electron chi connectivity index (χ1n) is 7.67. The van der Waals surface area contributed by atoms with Gasteiger partial charge in [-0.15, -0.1) is 0 Å². The van der Waals surface area contributed by atoms with Crippen molar-refractivity contribution in [2.45, 2.75) is 6.92 Å². The highest BCUT2D eigenvalue weighted by atomic mass is 16.6. The summed E-state index contributed by atoms with van der Waals surface area (Å²) in [5.41, 5.74) is 0.497. The van der Waals surface area contributed by atoms with Crippen LogP contribution in [0.4, 0.5) is 11.5 Å². The fourth-order valence-corrected chi connectivity index (χ4v) is 2.16. The molecule has 0 unspecified atom stereocenters. The molecule has 0 saturated heterocycles. The maximum Gasteiger partial charge on any atom is 0.374 e. The molecule has 0 bridgehead atoms. The van der Waals surface area contributed by atoms with E-state index in [1.165, 1.54) is 42.5 Å². The molecule has 138 valence electrons. The summed E-state index contributed by atoms with van der Waals surface area (Å²) in [7, 11) is 0. The predicted octanol–water partition coefficient (Wildman–Crippen LogP) is 2.95. The van der Waals surface area contributed by atoms with Crippen LogP contribution in [-0.2, 0) is 9.53 Å². The molecule has 0 spiro atoms. The van der Waals surface area contributed by atoms with E-state index in [0.717, 1.165) is 0 Å². The fraction of sp³-hybridized carbons (Fsp3) is 0.118. The molecule has 0 aliphatic rings. The molecule has 0 atom stereocenters. The number of aryl methyl sites for hydroxylation is 1. The van der Waals surface area contributed by atoms with Crippen molar-refractivity contribution in [3.8, 4) is 11.3 Å². The Morgan fingerprint density at radius 3 is 2.59 bits per heavy atom. The van der Waals surface area contributed by atoms with E-state index in [9.17, 15) is 19.7 Å². The number of benzene rings is 1. The van der Waals surface area contributed by atoms with E-state index >= 15 is 0 Å². The van der Waals surface area contributed by atoms with Gasteiger partial charge >= 0.3 is 5.97 Å². The van der Waals surface area contributed by atoms with Crippen LogP contribution in [0.3, 0.4) is 0 Å². The number of ether oxygens (including phenoxy) is 1. The van der Waals surface area contributed by atoms with Crippen molar-refractivity contribution < 1.29 is 28.2 Å². The molecular weight excluding hydrogens is 358 g/mol. The van der Waals surface area contributed by atoms with E-state index in [0.29, 0.717) is 17.1 Å². The fourth-order valence-electron chi connectivity index (χ4n) is 2.16. The van der Waals surface area contributed by atoms with Gasteiger partial charge in [0.1, 0.15) is 11.5 Å². The first kappa shape index (κ1) is 17.9. The number of carbonyl (C=O) groups excluding carboxylic acids is 2. The van der Waals surface area contributed by atoms with Crippen molar-refractivity contribution in [1.29, 1.82) is 0 Å². The average molecular weight is 371 g/mol. The molecule has 10 heteroatoms. The normalized spacial score (nSPS) is 10.4. The number of esters is 1. The molecule has 1 aromatic carbocycles. The topological polar surface area (TPSA) is 138 Å². The average Bonchev–Trinajstić information content (AvgIpc) is 3.29. The molecule has 0 aliphatic carbocycles. The number of anilines is 1. The van der Waals surface area contributed by atoms with Crippen LogP contribution in [-0.4, -0.2) is 28.6 Å². The lowest BCUT2D eigenvalue weighted by Gasteiger charge is -2.02. The van der Waals surface area contributed by atoms with Gasteiger partial charge < -0.3 is 19.0 Å². The van der Waals surface area contributed by atoms with E-state index in [-0.39, 0.29) is 17.3 Å². The molecule has 0 saturated carbocycles. The number of amides is 1. The van der Waals surface area contributed by atoms with Crippen LogP contribution in [0.1, 0.15) is 16.3 Å². The number of non-ortho nitro benzene ring substituents is 1. The van der Waals surface area contributed by atoms with Gasteiger partial charge in [0.2, 0.25) is 5.76 Å². The zero-order chi connectivity index (χ0) is 19.4. The number of hydrogen-bond acceptors (Lipinski definition) is 8. The Balaban J connectivity index is 1.58. The summed E-state index contributed by atoms with van der Waals surface area (Å²) in [6.07, 6.45) is 0. The zero-order valence-electron chi connectivity index (χ0n) is 14.0. The Morgan fingerprint density at radius 2 is 1.96 bits per heavy atom. The molecular formula is C17H13N3O7. The molecule has 27 heavy (non-hydrogen) atoms.